The van der Waals surface area contributed by atoms with Crippen molar-refractivity contribution >= 4 is 15.7 Å². The van der Waals surface area contributed by atoms with E-state index in [0.717, 1.165) is 35.5 Å². The Balaban J connectivity index is 1.63. The number of hydrogen-bond acceptors (Lipinski definition) is 4. The van der Waals surface area contributed by atoms with E-state index in [1.165, 1.54) is 6.92 Å². The standard InChI is InChI=1S/C19H18FN3O3S/c1-14(27(25,26)18-9-5-16(20)6-10-18)19(24)21-13-15-3-7-17(8-4-15)23-12-2-11-22-23/h2-12,14H,13H2,1H3,(H,21,24). The van der Waals surface area contributed by atoms with Gasteiger partial charge in [-0.3, -0.25) is 4.79 Å². The molecule has 6 nitrogen and oxygen atoms in total. The lowest BCUT2D eigenvalue weighted by Crippen LogP contribution is -2.37. The van der Waals surface area contributed by atoms with Gasteiger partial charge in [0.15, 0.2) is 9.84 Å². The van der Waals surface area contributed by atoms with Crippen molar-refractivity contribution in [3.63, 3.8) is 0 Å². The fourth-order valence-electron chi connectivity index (χ4n) is 2.49. The summed E-state index contributed by atoms with van der Waals surface area (Å²) in [5.74, 6) is -1.15. The maximum absolute atomic E-state index is 13.0. The molecule has 140 valence electrons. The molecule has 0 saturated carbocycles. The number of aromatic nitrogens is 2. The summed E-state index contributed by atoms with van der Waals surface area (Å²) in [6, 6.07) is 13.6. The van der Waals surface area contributed by atoms with Crippen LogP contribution in [0.25, 0.3) is 5.69 Å². The molecule has 8 heteroatoms. The van der Waals surface area contributed by atoms with Gasteiger partial charge in [-0.25, -0.2) is 17.5 Å². The van der Waals surface area contributed by atoms with E-state index in [4.69, 9.17) is 0 Å². The Kier molecular flexibility index (Phi) is 5.36. The third kappa shape index (κ3) is 4.22. The topological polar surface area (TPSA) is 81.1 Å². The summed E-state index contributed by atoms with van der Waals surface area (Å²) in [5, 5.41) is 5.47. The predicted molar refractivity (Wildman–Crippen MR) is 98.5 cm³/mol. The first-order valence-electron chi connectivity index (χ1n) is 8.24. The molecule has 0 fully saturated rings. The molecule has 1 atom stereocenters. The van der Waals surface area contributed by atoms with Gasteiger partial charge in [0.2, 0.25) is 5.91 Å². The van der Waals surface area contributed by atoms with Crippen LogP contribution in [0.5, 0.6) is 0 Å². The van der Waals surface area contributed by atoms with E-state index >= 15 is 0 Å². The number of nitrogens with zero attached hydrogens (tertiary/aromatic N) is 2. The van der Waals surface area contributed by atoms with Gasteiger partial charge in [-0.2, -0.15) is 5.10 Å². The zero-order valence-corrected chi connectivity index (χ0v) is 15.4. The van der Waals surface area contributed by atoms with E-state index in [1.54, 1.807) is 10.9 Å². The minimum Gasteiger partial charge on any atom is -0.351 e. The number of halogens is 1. The van der Waals surface area contributed by atoms with Crippen LogP contribution in [0.15, 0.2) is 71.9 Å². The molecule has 1 heterocycles. The molecule has 3 aromatic rings. The van der Waals surface area contributed by atoms with Crippen molar-refractivity contribution in [3.05, 3.63) is 78.4 Å². The molecule has 1 amide bonds. The number of amides is 1. The van der Waals surface area contributed by atoms with E-state index in [-0.39, 0.29) is 11.4 Å². The number of nitrogens with one attached hydrogen (secondary N) is 1. The van der Waals surface area contributed by atoms with Crippen LogP contribution in [0.4, 0.5) is 4.39 Å². The first kappa shape index (κ1) is 18.8. The molecule has 0 radical (unpaired) electrons. The van der Waals surface area contributed by atoms with Crippen molar-refractivity contribution in [2.75, 3.05) is 0 Å². The average Bonchev–Trinajstić information content (AvgIpc) is 3.21. The minimum absolute atomic E-state index is 0.0878. The van der Waals surface area contributed by atoms with Crippen LogP contribution in [-0.2, 0) is 21.2 Å². The normalized spacial score (nSPS) is 12.5. The maximum atomic E-state index is 13.0. The molecule has 0 aliphatic carbocycles. The van der Waals surface area contributed by atoms with Gasteiger partial charge in [0.05, 0.1) is 10.6 Å². The molecule has 2 aromatic carbocycles. The number of sulfone groups is 1. The van der Waals surface area contributed by atoms with Crippen LogP contribution in [0.2, 0.25) is 0 Å². The second kappa shape index (κ2) is 7.71. The monoisotopic (exact) mass is 387 g/mol. The van der Waals surface area contributed by atoms with E-state index in [0.29, 0.717) is 0 Å². The second-order valence-electron chi connectivity index (χ2n) is 5.98. The molecule has 0 aliphatic heterocycles. The molecule has 1 aromatic heterocycles. The quantitative estimate of drug-likeness (QED) is 0.659. The molecule has 0 spiro atoms. The lowest BCUT2D eigenvalue weighted by Gasteiger charge is -2.14. The number of carbonyl (C=O) groups excluding carboxylic acids is 1. The summed E-state index contributed by atoms with van der Waals surface area (Å²) in [4.78, 5) is 12.2. The Morgan fingerprint density at radius 2 is 1.81 bits per heavy atom. The summed E-state index contributed by atoms with van der Waals surface area (Å²) in [5.41, 5.74) is 1.70. The van der Waals surface area contributed by atoms with Gasteiger partial charge in [0, 0.05) is 18.9 Å². The number of benzene rings is 2. The molecule has 0 saturated heterocycles. The van der Waals surface area contributed by atoms with Crippen LogP contribution in [0.3, 0.4) is 0 Å². The van der Waals surface area contributed by atoms with Crippen LogP contribution < -0.4 is 5.32 Å². The second-order valence-corrected chi connectivity index (χ2v) is 8.24. The highest BCUT2D eigenvalue weighted by Crippen LogP contribution is 2.17. The SMILES string of the molecule is CC(C(=O)NCc1ccc(-n2cccn2)cc1)S(=O)(=O)c1ccc(F)cc1. The maximum Gasteiger partial charge on any atom is 0.238 e. The Morgan fingerprint density at radius 3 is 2.41 bits per heavy atom. The first-order chi connectivity index (χ1) is 12.9. The van der Waals surface area contributed by atoms with Gasteiger partial charge in [-0.1, -0.05) is 12.1 Å². The minimum atomic E-state index is -3.89. The van der Waals surface area contributed by atoms with Gasteiger partial charge in [-0.15, -0.1) is 0 Å². The van der Waals surface area contributed by atoms with E-state index in [9.17, 15) is 17.6 Å². The van der Waals surface area contributed by atoms with Gasteiger partial charge in [0.1, 0.15) is 11.1 Å². The van der Waals surface area contributed by atoms with Crippen LogP contribution in [0, 0.1) is 5.82 Å². The Morgan fingerprint density at radius 1 is 1.15 bits per heavy atom. The van der Waals surface area contributed by atoms with Crippen molar-refractivity contribution < 1.29 is 17.6 Å². The third-order valence-corrected chi connectivity index (χ3v) is 6.22. The molecule has 27 heavy (non-hydrogen) atoms. The van der Waals surface area contributed by atoms with E-state index in [2.05, 4.69) is 10.4 Å². The lowest BCUT2D eigenvalue weighted by atomic mass is 10.2. The van der Waals surface area contributed by atoms with Crippen molar-refractivity contribution in [3.8, 4) is 5.69 Å². The Bertz CT molecular complexity index is 1020. The van der Waals surface area contributed by atoms with Crippen molar-refractivity contribution in [1.82, 2.24) is 15.1 Å². The van der Waals surface area contributed by atoms with Gasteiger partial charge < -0.3 is 5.32 Å². The predicted octanol–water partition coefficient (Wildman–Crippen LogP) is 2.49. The number of rotatable bonds is 6. The number of hydrogen-bond donors (Lipinski definition) is 1. The molecular formula is C19H18FN3O3S. The first-order valence-corrected chi connectivity index (χ1v) is 9.79. The molecule has 3 rings (SSSR count). The molecule has 0 bridgehead atoms. The highest BCUT2D eigenvalue weighted by molar-refractivity contribution is 7.92. The Hall–Kier alpha value is -3.00. The lowest BCUT2D eigenvalue weighted by molar-refractivity contribution is -0.120. The third-order valence-electron chi connectivity index (χ3n) is 4.15. The summed E-state index contributed by atoms with van der Waals surface area (Å²) in [7, 11) is -3.89. The summed E-state index contributed by atoms with van der Waals surface area (Å²) >= 11 is 0. The van der Waals surface area contributed by atoms with E-state index < -0.39 is 26.8 Å². The van der Waals surface area contributed by atoms with Crippen molar-refractivity contribution in [2.24, 2.45) is 0 Å². The fraction of sp³-hybridized carbons (Fsp3) is 0.158. The average molecular weight is 387 g/mol. The molecule has 1 N–H and O–H groups in total. The largest absolute Gasteiger partial charge is 0.351 e. The zero-order valence-electron chi connectivity index (χ0n) is 14.5. The van der Waals surface area contributed by atoms with Crippen molar-refractivity contribution in [2.45, 2.75) is 23.6 Å². The summed E-state index contributed by atoms with van der Waals surface area (Å²) in [6.45, 7) is 1.51. The highest BCUT2D eigenvalue weighted by atomic mass is 32.2. The van der Waals surface area contributed by atoms with Gasteiger partial charge in [0.25, 0.3) is 0 Å². The fourth-order valence-corrected chi connectivity index (χ4v) is 3.78. The van der Waals surface area contributed by atoms with E-state index in [1.807, 2.05) is 36.5 Å². The summed E-state index contributed by atoms with van der Waals surface area (Å²) < 4.78 is 39.6. The zero-order chi connectivity index (χ0) is 19.4. The number of carbonyl (C=O) groups is 1. The molecular weight excluding hydrogens is 369 g/mol. The van der Waals surface area contributed by atoms with Crippen molar-refractivity contribution in [1.29, 1.82) is 0 Å². The van der Waals surface area contributed by atoms with Crippen LogP contribution >= 0.6 is 0 Å². The molecule has 0 aliphatic rings. The summed E-state index contributed by atoms with van der Waals surface area (Å²) in [6.07, 6.45) is 3.50. The highest BCUT2D eigenvalue weighted by Gasteiger charge is 2.29. The van der Waals surface area contributed by atoms with Gasteiger partial charge in [-0.05, 0) is 55.0 Å². The van der Waals surface area contributed by atoms with Gasteiger partial charge >= 0.3 is 0 Å². The molecule has 1 unspecified atom stereocenters. The van der Waals surface area contributed by atoms with Crippen LogP contribution in [0.1, 0.15) is 12.5 Å². The smallest absolute Gasteiger partial charge is 0.238 e. The Labute approximate surface area is 156 Å². The van der Waals surface area contributed by atoms with Crippen LogP contribution in [-0.4, -0.2) is 29.4 Å².